The van der Waals surface area contributed by atoms with Crippen LogP contribution in [-0.4, -0.2) is 22.6 Å². The van der Waals surface area contributed by atoms with Crippen LogP contribution in [0.25, 0.3) is 0 Å². The molecule has 0 atom stereocenters. The van der Waals surface area contributed by atoms with Gasteiger partial charge in [-0.15, -0.1) is 0 Å². The summed E-state index contributed by atoms with van der Waals surface area (Å²) in [6.45, 7) is 0. The van der Waals surface area contributed by atoms with Crippen LogP contribution in [0.3, 0.4) is 0 Å². The zero-order chi connectivity index (χ0) is 14.6. The molecule has 1 aromatic carbocycles. The van der Waals surface area contributed by atoms with Crippen molar-refractivity contribution >= 4 is 68.4 Å². The molecule has 5 N–H and O–H groups in total. The number of nitriles is 1. The molecule has 0 bridgehead atoms. The molecular weight excluding hydrogens is 476 g/mol. The monoisotopic (exact) mass is 483 g/mol. The van der Waals surface area contributed by atoms with E-state index in [0.717, 1.165) is 3.57 Å². The van der Waals surface area contributed by atoms with E-state index in [-0.39, 0.29) is 17.0 Å². The maximum Gasteiger partial charge on any atom is 0.337 e. The maximum absolute atomic E-state index is 11.1. The van der Waals surface area contributed by atoms with E-state index in [1.165, 1.54) is 6.07 Å². The number of rotatable bonds is 4. The van der Waals surface area contributed by atoms with Gasteiger partial charge in [0.1, 0.15) is 6.07 Å². The highest BCUT2D eigenvalue weighted by Crippen LogP contribution is 2.26. The number of hydrazone groups is 1. The van der Waals surface area contributed by atoms with Crippen molar-refractivity contribution in [2.45, 2.75) is 0 Å². The molecule has 0 radical (unpaired) electrons. The molecule has 0 aromatic heterocycles. The first-order chi connectivity index (χ1) is 8.86. The molecule has 0 aliphatic heterocycles. The van der Waals surface area contributed by atoms with Gasteiger partial charge in [-0.25, -0.2) is 4.79 Å². The van der Waals surface area contributed by atoms with Crippen molar-refractivity contribution < 1.29 is 9.90 Å². The Kier molecular flexibility index (Phi) is 5.48. The number of nitrogens with zero attached hydrogens (tertiary/aromatic N) is 2. The van der Waals surface area contributed by atoms with Crippen LogP contribution in [0.1, 0.15) is 10.4 Å². The van der Waals surface area contributed by atoms with Gasteiger partial charge in [-0.1, -0.05) is 0 Å². The van der Waals surface area contributed by atoms with E-state index in [2.05, 4.69) is 10.5 Å². The fraction of sp³-hybridized carbons (Fsp3) is 0. The largest absolute Gasteiger partial charge is 0.478 e. The second-order valence-electron chi connectivity index (χ2n) is 3.21. The van der Waals surface area contributed by atoms with Gasteiger partial charge in [0.2, 0.25) is 5.71 Å². The van der Waals surface area contributed by atoms with Gasteiger partial charge in [0.05, 0.1) is 11.3 Å². The first-order valence-electron chi connectivity index (χ1n) is 4.67. The summed E-state index contributed by atoms with van der Waals surface area (Å²) in [4.78, 5) is 11.1. The summed E-state index contributed by atoms with van der Waals surface area (Å²) in [6, 6.07) is 4.87. The molecule has 9 heteroatoms. The van der Waals surface area contributed by atoms with E-state index in [0.29, 0.717) is 3.57 Å². The lowest BCUT2D eigenvalue weighted by Crippen LogP contribution is -2.22. The van der Waals surface area contributed by atoms with E-state index < -0.39 is 11.8 Å². The molecule has 98 valence electrons. The third-order valence-corrected chi connectivity index (χ3v) is 3.40. The maximum atomic E-state index is 11.1. The van der Waals surface area contributed by atoms with Crippen molar-refractivity contribution in [1.29, 1.82) is 10.7 Å². The molecule has 0 fully saturated rings. The predicted octanol–water partition coefficient (Wildman–Crippen LogP) is 1.82. The number of carboxylic acid groups (broad SMARTS) is 1. The smallest absolute Gasteiger partial charge is 0.337 e. The minimum Gasteiger partial charge on any atom is -0.478 e. The van der Waals surface area contributed by atoms with E-state index in [4.69, 9.17) is 21.5 Å². The first-order valence-corrected chi connectivity index (χ1v) is 6.83. The van der Waals surface area contributed by atoms with Gasteiger partial charge < -0.3 is 10.8 Å². The Balaban J connectivity index is 3.25. The van der Waals surface area contributed by atoms with Gasteiger partial charge in [0, 0.05) is 7.14 Å². The lowest BCUT2D eigenvalue weighted by molar-refractivity contribution is 0.0697. The Morgan fingerprint density at radius 2 is 2.16 bits per heavy atom. The molecule has 0 saturated heterocycles. The normalized spacial score (nSPS) is 10.7. The molecule has 19 heavy (non-hydrogen) atoms. The number of hydrogen-bond acceptors (Lipinski definition) is 5. The SMILES string of the molecule is N#C/C(=N\Nc1c(I)cc(I)cc1C(=O)O)C(=N)N. The molecule has 0 heterocycles. The number of hydrogen-bond donors (Lipinski definition) is 4. The van der Waals surface area contributed by atoms with Gasteiger partial charge >= 0.3 is 5.97 Å². The second-order valence-corrected chi connectivity index (χ2v) is 5.62. The average molecular weight is 483 g/mol. The number of amidine groups is 1. The van der Waals surface area contributed by atoms with Gasteiger partial charge in [-0.2, -0.15) is 10.4 Å². The van der Waals surface area contributed by atoms with Crippen LogP contribution in [0.15, 0.2) is 17.2 Å². The summed E-state index contributed by atoms with van der Waals surface area (Å²) in [5, 5.41) is 28.6. The molecule has 0 aliphatic rings. The number of benzene rings is 1. The van der Waals surface area contributed by atoms with Crippen molar-refractivity contribution in [3.63, 3.8) is 0 Å². The zero-order valence-corrected chi connectivity index (χ0v) is 13.6. The quantitative estimate of drug-likeness (QED) is 0.225. The summed E-state index contributed by atoms with van der Waals surface area (Å²) in [5.74, 6) is -1.61. The summed E-state index contributed by atoms with van der Waals surface area (Å²) in [5.41, 5.74) is 7.58. The molecular formula is C10H7I2N5O2. The average Bonchev–Trinajstić information content (AvgIpc) is 2.30. The number of nitrogens with one attached hydrogen (secondary N) is 2. The van der Waals surface area contributed by atoms with Gasteiger partial charge in [0.25, 0.3) is 0 Å². The predicted molar refractivity (Wildman–Crippen MR) is 87.4 cm³/mol. The van der Waals surface area contributed by atoms with Crippen LogP contribution in [0.4, 0.5) is 5.69 Å². The summed E-state index contributed by atoms with van der Waals surface area (Å²) in [7, 11) is 0. The Bertz CT molecular complexity index is 621. The van der Waals surface area contributed by atoms with E-state index in [9.17, 15) is 4.79 Å². The summed E-state index contributed by atoms with van der Waals surface area (Å²) >= 11 is 3.96. The van der Waals surface area contributed by atoms with Crippen LogP contribution >= 0.6 is 45.2 Å². The highest BCUT2D eigenvalue weighted by molar-refractivity contribution is 14.1. The van der Waals surface area contributed by atoms with E-state index in [1.807, 2.05) is 45.2 Å². The minimum atomic E-state index is -1.12. The number of carboxylic acids is 1. The van der Waals surface area contributed by atoms with Gasteiger partial charge in [-0.05, 0) is 57.3 Å². The number of aromatic carboxylic acids is 1. The molecule has 0 spiro atoms. The minimum absolute atomic E-state index is 0.0286. The third-order valence-electron chi connectivity index (χ3n) is 1.93. The van der Waals surface area contributed by atoms with Crippen LogP contribution in [0, 0.1) is 23.9 Å². The number of halogens is 2. The lowest BCUT2D eigenvalue weighted by Gasteiger charge is -2.09. The molecule has 0 aliphatic carbocycles. The molecule has 1 aromatic rings. The molecule has 7 nitrogen and oxygen atoms in total. The number of carbonyl (C=O) groups is 1. The van der Waals surface area contributed by atoms with Crippen molar-refractivity contribution in [1.82, 2.24) is 0 Å². The zero-order valence-electron chi connectivity index (χ0n) is 9.24. The van der Waals surface area contributed by atoms with E-state index >= 15 is 0 Å². The summed E-state index contributed by atoms with van der Waals surface area (Å²) in [6.07, 6.45) is 0. The first kappa shape index (κ1) is 15.6. The standard InChI is InChI=1S/C10H7I2N5O2/c11-4-1-5(10(18)19)8(6(12)2-4)17-16-7(3-13)9(14)15/h1-2,17H,(H3,14,15)(H,18,19)/b16-7+. The Labute approximate surface area is 135 Å². The molecule has 0 unspecified atom stereocenters. The highest BCUT2D eigenvalue weighted by atomic mass is 127. The number of anilines is 1. The van der Waals surface area contributed by atoms with Crippen molar-refractivity contribution in [3.8, 4) is 6.07 Å². The van der Waals surface area contributed by atoms with E-state index in [1.54, 1.807) is 12.1 Å². The van der Waals surface area contributed by atoms with Crippen molar-refractivity contribution in [2.75, 3.05) is 5.43 Å². The second kappa shape index (κ2) is 6.66. The molecule has 0 amide bonds. The van der Waals surface area contributed by atoms with Crippen molar-refractivity contribution in [3.05, 3.63) is 24.8 Å². The van der Waals surface area contributed by atoms with Crippen LogP contribution < -0.4 is 11.2 Å². The fourth-order valence-electron chi connectivity index (χ4n) is 1.11. The van der Waals surface area contributed by atoms with Gasteiger partial charge in [0.15, 0.2) is 5.84 Å². The Hall–Kier alpha value is -1.42. The Morgan fingerprint density at radius 3 is 2.63 bits per heavy atom. The third kappa shape index (κ3) is 4.03. The molecule has 0 saturated carbocycles. The topological polar surface area (TPSA) is 135 Å². The molecule has 1 rings (SSSR count). The van der Waals surface area contributed by atoms with Gasteiger partial charge in [-0.3, -0.25) is 10.8 Å². The van der Waals surface area contributed by atoms with Crippen LogP contribution in [0.2, 0.25) is 0 Å². The highest BCUT2D eigenvalue weighted by Gasteiger charge is 2.14. The van der Waals surface area contributed by atoms with Crippen LogP contribution in [0.5, 0.6) is 0 Å². The lowest BCUT2D eigenvalue weighted by atomic mass is 10.2. The Morgan fingerprint density at radius 1 is 1.53 bits per heavy atom. The fourth-order valence-corrected chi connectivity index (χ4v) is 3.08. The van der Waals surface area contributed by atoms with Crippen molar-refractivity contribution in [2.24, 2.45) is 10.8 Å². The number of nitrogens with two attached hydrogens (primary N) is 1. The van der Waals surface area contributed by atoms with Crippen LogP contribution in [-0.2, 0) is 0 Å². The summed E-state index contributed by atoms with van der Waals surface area (Å²) < 4.78 is 1.40.